The standard InChI is InChI=1S/C10H11BrClNOS/c11-10-6(12)5-8(15-10)9(14)7-3-1-2-4-13-7/h5,7,13H,1-4H2. The minimum absolute atomic E-state index is 0.0135. The zero-order chi connectivity index (χ0) is 10.8. The number of carbonyl (C=O) groups excluding carboxylic acids is 1. The Morgan fingerprint density at radius 1 is 1.60 bits per heavy atom. The molecule has 1 aromatic heterocycles. The van der Waals surface area contributed by atoms with Crippen LogP contribution in [0.1, 0.15) is 28.9 Å². The van der Waals surface area contributed by atoms with Crippen LogP contribution in [-0.2, 0) is 0 Å². The van der Waals surface area contributed by atoms with Crippen LogP contribution in [0.4, 0.5) is 0 Å². The van der Waals surface area contributed by atoms with Crippen molar-refractivity contribution in [3.63, 3.8) is 0 Å². The Bertz CT molecular complexity index is 354. The lowest BCUT2D eigenvalue weighted by molar-refractivity contribution is 0.0931. The lowest BCUT2D eigenvalue weighted by Crippen LogP contribution is -2.40. The van der Waals surface area contributed by atoms with Gasteiger partial charge in [-0.2, -0.15) is 0 Å². The van der Waals surface area contributed by atoms with Gasteiger partial charge in [-0.15, -0.1) is 11.3 Å². The first kappa shape index (κ1) is 11.6. The second kappa shape index (κ2) is 4.95. The van der Waals surface area contributed by atoms with Gasteiger partial charge in [0.05, 0.1) is 19.7 Å². The van der Waals surface area contributed by atoms with Crippen LogP contribution in [0.25, 0.3) is 0 Å². The molecule has 0 bridgehead atoms. The molecule has 15 heavy (non-hydrogen) atoms. The van der Waals surface area contributed by atoms with E-state index in [9.17, 15) is 4.79 Å². The van der Waals surface area contributed by atoms with Crippen LogP contribution in [0.15, 0.2) is 9.85 Å². The first-order valence-corrected chi connectivity index (χ1v) is 6.89. The minimum atomic E-state index is -0.0135. The summed E-state index contributed by atoms with van der Waals surface area (Å²) in [6.07, 6.45) is 3.23. The smallest absolute Gasteiger partial charge is 0.189 e. The molecule has 2 heterocycles. The molecule has 1 fully saturated rings. The molecule has 1 atom stereocenters. The van der Waals surface area contributed by atoms with Crippen molar-refractivity contribution in [3.8, 4) is 0 Å². The van der Waals surface area contributed by atoms with Crippen molar-refractivity contribution in [1.29, 1.82) is 0 Å². The molecule has 0 spiro atoms. The van der Waals surface area contributed by atoms with E-state index in [1.165, 1.54) is 17.8 Å². The van der Waals surface area contributed by atoms with Gasteiger partial charge in [0.1, 0.15) is 0 Å². The summed E-state index contributed by atoms with van der Waals surface area (Å²) < 4.78 is 0.836. The lowest BCUT2D eigenvalue weighted by Gasteiger charge is -2.21. The summed E-state index contributed by atoms with van der Waals surface area (Å²) in [7, 11) is 0. The third kappa shape index (κ3) is 2.61. The second-order valence-corrected chi connectivity index (χ2v) is 6.38. The molecule has 1 unspecified atom stereocenters. The zero-order valence-corrected chi connectivity index (χ0v) is 11.2. The molecule has 1 aliphatic heterocycles. The molecule has 0 amide bonds. The monoisotopic (exact) mass is 307 g/mol. The Morgan fingerprint density at radius 2 is 2.40 bits per heavy atom. The predicted molar refractivity (Wildman–Crippen MR) is 67.0 cm³/mol. The third-order valence-corrected chi connectivity index (χ3v) is 5.00. The van der Waals surface area contributed by atoms with E-state index in [1.54, 1.807) is 6.07 Å². The summed E-state index contributed by atoms with van der Waals surface area (Å²) in [6, 6.07) is 1.73. The maximum atomic E-state index is 12.0. The number of Topliss-reactive ketones (excluding diaryl/α,β-unsaturated/α-hetero) is 1. The molecule has 0 saturated carbocycles. The van der Waals surface area contributed by atoms with Gasteiger partial charge in [0.15, 0.2) is 5.78 Å². The summed E-state index contributed by atoms with van der Waals surface area (Å²) in [5.74, 6) is 0.173. The number of thiophene rings is 1. The SMILES string of the molecule is O=C(c1cc(Cl)c(Br)s1)C1CCCCN1. The number of piperidine rings is 1. The fourth-order valence-electron chi connectivity index (χ4n) is 1.72. The molecule has 1 aromatic rings. The van der Waals surface area contributed by atoms with Gasteiger partial charge in [-0.25, -0.2) is 0 Å². The second-order valence-electron chi connectivity index (χ2n) is 3.60. The van der Waals surface area contributed by atoms with Crippen LogP contribution in [0.5, 0.6) is 0 Å². The Labute approximate surface area is 106 Å². The Morgan fingerprint density at radius 3 is 2.93 bits per heavy atom. The van der Waals surface area contributed by atoms with Crippen molar-refractivity contribution in [3.05, 3.63) is 19.8 Å². The quantitative estimate of drug-likeness (QED) is 0.847. The molecule has 1 saturated heterocycles. The lowest BCUT2D eigenvalue weighted by atomic mass is 10.0. The van der Waals surface area contributed by atoms with Gasteiger partial charge in [0.25, 0.3) is 0 Å². The van der Waals surface area contributed by atoms with Crippen molar-refractivity contribution in [2.75, 3.05) is 6.54 Å². The molecule has 82 valence electrons. The van der Waals surface area contributed by atoms with E-state index >= 15 is 0 Å². The highest BCUT2D eigenvalue weighted by molar-refractivity contribution is 9.11. The fraction of sp³-hybridized carbons (Fsp3) is 0.500. The van der Waals surface area contributed by atoms with Crippen LogP contribution in [0.3, 0.4) is 0 Å². The summed E-state index contributed by atoms with van der Waals surface area (Å²) in [5, 5.41) is 3.87. The van der Waals surface area contributed by atoms with E-state index in [0.717, 1.165) is 28.0 Å². The van der Waals surface area contributed by atoms with Gasteiger partial charge >= 0.3 is 0 Å². The highest BCUT2D eigenvalue weighted by Crippen LogP contribution is 2.33. The number of halogens is 2. The van der Waals surface area contributed by atoms with Gasteiger partial charge in [-0.1, -0.05) is 18.0 Å². The number of rotatable bonds is 2. The minimum Gasteiger partial charge on any atom is -0.307 e. The van der Waals surface area contributed by atoms with Gasteiger partial charge in [0.2, 0.25) is 0 Å². The van der Waals surface area contributed by atoms with Gasteiger partial charge in [0, 0.05) is 0 Å². The molecular weight excluding hydrogens is 298 g/mol. The number of hydrogen-bond donors (Lipinski definition) is 1. The molecular formula is C10H11BrClNOS. The van der Waals surface area contributed by atoms with E-state index < -0.39 is 0 Å². The van der Waals surface area contributed by atoms with E-state index in [1.807, 2.05) is 0 Å². The Kier molecular flexibility index (Phi) is 3.83. The van der Waals surface area contributed by atoms with Crippen molar-refractivity contribution in [2.24, 2.45) is 0 Å². The summed E-state index contributed by atoms with van der Waals surface area (Å²) in [6.45, 7) is 0.941. The fourth-order valence-corrected chi connectivity index (χ4v) is 3.41. The third-order valence-electron chi connectivity index (χ3n) is 2.51. The van der Waals surface area contributed by atoms with Crippen LogP contribution < -0.4 is 5.32 Å². The topological polar surface area (TPSA) is 29.1 Å². The first-order chi connectivity index (χ1) is 7.18. The molecule has 0 aromatic carbocycles. The Hall–Kier alpha value is 0.1000. The Balaban J connectivity index is 2.12. The molecule has 2 rings (SSSR count). The van der Waals surface area contributed by atoms with Crippen molar-refractivity contribution in [2.45, 2.75) is 25.3 Å². The summed E-state index contributed by atoms with van der Waals surface area (Å²) in [5.41, 5.74) is 0. The van der Waals surface area contributed by atoms with Crippen LogP contribution >= 0.6 is 38.9 Å². The van der Waals surface area contributed by atoms with Gasteiger partial charge in [-0.05, 0) is 41.4 Å². The average Bonchev–Trinajstić information content (AvgIpc) is 2.59. The highest BCUT2D eigenvalue weighted by Gasteiger charge is 2.23. The van der Waals surface area contributed by atoms with Gasteiger partial charge in [-0.3, -0.25) is 4.79 Å². The molecule has 2 nitrogen and oxygen atoms in total. The van der Waals surface area contributed by atoms with E-state index in [-0.39, 0.29) is 11.8 Å². The predicted octanol–water partition coefficient (Wildman–Crippen LogP) is 3.49. The number of hydrogen-bond acceptors (Lipinski definition) is 3. The molecule has 1 N–H and O–H groups in total. The van der Waals surface area contributed by atoms with Crippen LogP contribution in [0.2, 0.25) is 5.02 Å². The van der Waals surface area contributed by atoms with E-state index in [2.05, 4.69) is 21.2 Å². The number of ketones is 1. The average molecular weight is 309 g/mol. The normalized spacial score (nSPS) is 21.6. The number of carbonyl (C=O) groups is 1. The summed E-state index contributed by atoms with van der Waals surface area (Å²) >= 11 is 10.6. The molecule has 0 aliphatic carbocycles. The van der Waals surface area contributed by atoms with Crippen molar-refractivity contribution in [1.82, 2.24) is 5.32 Å². The maximum Gasteiger partial charge on any atom is 0.189 e. The van der Waals surface area contributed by atoms with E-state index in [4.69, 9.17) is 11.6 Å². The molecule has 0 radical (unpaired) electrons. The van der Waals surface area contributed by atoms with Crippen molar-refractivity contribution < 1.29 is 4.79 Å². The van der Waals surface area contributed by atoms with Crippen molar-refractivity contribution >= 4 is 44.7 Å². The van der Waals surface area contributed by atoms with Crippen LogP contribution in [-0.4, -0.2) is 18.4 Å². The van der Waals surface area contributed by atoms with E-state index in [0.29, 0.717) is 5.02 Å². The molecule has 5 heteroatoms. The molecule has 1 aliphatic rings. The largest absolute Gasteiger partial charge is 0.307 e. The van der Waals surface area contributed by atoms with Crippen LogP contribution in [0, 0.1) is 0 Å². The maximum absolute atomic E-state index is 12.0. The summed E-state index contributed by atoms with van der Waals surface area (Å²) in [4.78, 5) is 12.8. The number of nitrogens with one attached hydrogen (secondary N) is 1. The zero-order valence-electron chi connectivity index (χ0n) is 8.06. The van der Waals surface area contributed by atoms with Gasteiger partial charge < -0.3 is 5.32 Å². The highest BCUT2D eigenvalue weighted by atomic mass is 79.9. The first-order valence-electron chi connectivity index (χ1n) is 4.91.